The van der Waals surface area contributed by atoms with E-state index in [1.54, 1.807) is 18.9 Å². The number of carbonyl (C=O) groups is 1. The van der Waals surface area contributed by atoms with Crippen molar-refractivity contribution >= 4 is 15.9 Å². The summed E-state index contributed by atoms with van der Waals surface area (Å²) in [7, 11) is -2.13. The van der Waals surface area contributed by atoms with Gasteiger partial charge in [-0.05, 0) is 44.4 Å². The number of nitrogens with zero attached hydrogens (tertiary/aromatic N) is 1. The summed E-state index contributed by atoms with van der Waals surface area (Å²) < 4.78 is 28.3. The van der Waals surface area contributed by atoms with Crippen LogP contribution < -0.4 is 9.88 Å². The van der Waals surface area contributed by atoms with E-state index in [-0.39, 0.29) is 22.4 Å². The number of hydrogen-bond donors (Lipinski definition) is 1. The molecule has 7 heteroatoms. The minimum absolute atomic E-state index is 0.0867. The number of benzene rings is 1. The smallest absolute Gasteiger partial charge is 0.257 e. The van der Waals surface area contributed by atoms with Gasteiger partial charge in [-0.2, -0.15) is 0 Å². The SMILES string of the molecule is CCOc1ccc(S(N)(=O)=O)cc1C(=O)N(C)C1CCC1. The number of carbonyl (C=O) groups excluding carboxylic acids is 1. The van der Waals surface area contributed by atoms with Gasteiger partial charge in [0.1, 0.15) is 5.75 Å². The van der Waals surface area contributed by atoms with Crippen molar-refractivity contribution in [1.82, 2.24) is 4.90 Å². The Morgan fingerprint density at radius 2 is 2.10 bits per heavy atom. The van der Waals surface area contributed by atoms with E-state index < -0.39 is 10.0 Å². The third-order valence-corrected chi connectivity index (χ3v) is 4.66. The van der Waals surface area contributed by atoms with Gasteiger partial charge in [-0.15, -0.1) is 0 Å². The number of nitrogens with two attached hydrogens (primary N) is 1. The highest BCUT2D eigenvalue weighted by Gasteiger charge is 2.28. The van der Waals surface area contributed by atoms with E-state index in [0.717, 1.165) is 19.3 Å². The molecular weight excluding hydrogens is 292 g/mol. The van der Waals surface area contributed by atoms with Crippen LogP contribution in [0.2, 0.25) is 0 Å². The maximum Gasteiger partial charge on any atom is 0.257 e. The molecule has 0 unspecified atom stereocenters. The molecule has 0 spiro atoms. The fourth-order valence-electron chi connectivity index (χ4n) is 2.26. The van der Waals surface area contributed by atoms with Crippen molar-refractivity contribution < 1.29 is 17.9 Å². The molecule has 0 radical (unpaired) electrons. The van der Waals surface area contributed by atoms with E-state index in [2.05, 4.69) is 0 Å². The second kappa shape index (κ2) is 6.03. The molecule has 0 aromatic heterocycles. The van der Waals surface area contributed by atoms with Gasteiger partial charge >= 0.3 is 0 Å². The first kappa shape index (κ1) is 15.8. The molecule has 1 saturated carbocycles. The minimum atomic E-state index is -3.85. The van der Waals surface area contributed by atoms with Crippen LogP contribution in [0.1, 0.15) is 36.5 Å². The van der Waals surface area contributed by atoms with Crippen LogP contribution in [0.4, 0.5) is 0 Å². The molecule has 6 nitrogen and oxygen atoms in total. The molecular formula is C14H20N2O4S. The molecule has 0 heterocycles. The number of primary sulfonamides is 1. The molecule has 1 aliphatic rings. The summed E-state index contributed by atoms with van der Waals surface area (Å²) in [5.74, 6) is 0.134. The van der Waals surface area contributed by atoms with Gasteiger partial charge in [-0.1, -0.05) is 0 Å². The van der Waals surface area contributed by atoms with Crippen molar-refractivity contribution in [2.45, 2.75) is 37.1 Å². The van der Waals surface area contributed by atoms with Crippen molar-refractivity contribution in [3.63, 3.8) is 0 Å². The molecule has 1 fully saturated rings. The van der Waals surface area contributed by atoms with E-state index in [1.165, 1.54) is 18.2 Å². The van der Waals surface area contributed by atoms with Crippen LogP contribution in [-0.2, 0) is 10.0 Å². The van der Waals surface area contributed by atoms with E-state index >= 15 is 0 Å². The van der Waals surface area contributed by atoms with Crippen LogP contribution in [0.3, 0.4) is 0 Å². The van der Waals surface area contributed by atoms with Crippen LogP contribution in [0.25, 0.3) is 0 Å². The fraction of sp³-hybridized carbons (Fsp3) is 0.500. The number of amides is 1. The van der Waals surface area contributed by atoms with E-state index in [1.807, 2.05) is 0 Å². The number of sulfonamides is 1. The first-order chi connectivity index (χ1) is 9.84. The average molecular weight is 312 g/mol. The Hall–Kier alpha value is -1.60. The Labute approximate surface area is 124 Å². The molecule has 116 valence electrons. The molecule has 0 atom stereocenters. The minimum Gasteiger partial charge on any atom is -0.493 e. The van der Waals surface area contributed by atoms with Crippen molar-refractivity contribution in [3.05, 3.63) is 23.8 Å². The summed E-state index contributed by atoms with van der Waals surface area (Å²) in [4.78, 5) is 14.1. The summed E-state index contributed by atoms with van der Waals surface area (Å²) in [6, 6.07) is 4.33. The zero-order chi connectivity index (χ0) is 15.6. The molecule has 21 heavy (non-hydrogen) atoms. The lowest BCUT2D eigenvalue weighted by molar-refractivity contribution is 0.0647. The maximum absolute atomic E-state index is 12.6. The quantitative estimate of drug-likeness (QED) is 0.889. The highest BCUT2D eigenvalue weighted by atomic mass is 32.2. The Morgan fingerprint density at radius 3 is 2.57 bits per heavy atom. The molecule has 1 aliphatic carbocycles. The van der Waals surface area contributed by atoms with Crippen molar-refractivity contribution in [3.8, 4) is 5.75 Å². The zero-order valence-corrected chi connectivity index (χ0v) is 13.0. The molecule has 1 amide bonds. The standard InChI is InChI=1S/C14H20N2O4S/c1-3-20-13-8-7-11(21(15,18)19)9-12(13)14(17)16(2)10-5-4-6-10/h7-10H,3-6H2,1-2H3,(H2,15,18,19). The molecule has 0 bridgehead atoms. The topological polar surface area (TPSA) is 89.7 Å². The van der Waals surface area contributed by atoms with E-state index in [9.17, 15) is 13.2 Å². The molecule has 0 aliphatic heterocycles. The Morgan fingerprint density at radius 1 is 1.43 bits per heavy atom. The van der Waals surface area contributed by atoms with Gasteiger partial charge in [-0.25, -0.2) is 13.6 Å². The second-order valence-corrected chi connectivity index (χ2v) is 6.70. The maximum atomic E-state index is 12.6. The molecule has 0 saturated heterocycles. The Balaban J connectivity index is 2.40. The largest absolute Gasteiger partial charge is 0.493 e. The average Bonchev–Trinajstić information content (AvgIpc) is 2.35. The van der Waals surface area contributed by atoms with E-state index in [4.69, 9.17) is 9.88 Å². The van der Waals surface area contributed by atoms with Crippen molar-refractivity contribution in [1.29, 1.82) is 0 Å². The monoisotopic (exact) mass is 312 g/mol. The first-order valence-electron chi connectivity index (χ1n) is 6.91. The third kappa shape index (κ3) is 3.36. The second-order valence-electron chi connectivity index (χ2n) is 5.14. The predicted octanol–water partition coefficient (Wildman–Crippen LogP) is 1.36. The van der Waals surface area contributed by atoms with Crippen LogP contribution in [0.15, 0.2) is 23.1 Å². The Kier molecular flexibility index (Phi) is 4.53. The highest BCUT2D eigenvalue weighted by Crippen LogP contribution is 2.28. The van der Waals surface area contributed by atoms with Crippen molar-refractivity contribution in [2.75, 3.05) is 13.7 Å². The summed E-state index contributed by atoms with van der Waals surface area (Å²) in [6.07, 6.45) is 3.06. The fourth-order valence-corrected chi connectivity index (χ4v) is 2.80. The third-order valence-electron chi connectivity index (χ3n) is 3.75. The first-order valence-corrected chi connectivity index (χ1v) is 8.46. The van der Waals surface area contributed by atoms with Crippen LogP contribution in [0.5, 0.6) is 5.75 Å². The Bertz CT molecular complexity index is 638. The molecule has 1 aromatic carbocycles. The van der Waals surface area contributed by atoms with Gasteiger partial charge in [0.05, 0.1) is 17.1 Å². The van der Waals surface area contributed by atoms with Gasteiger partial charge < -0.3 is 9.64 Å². The van der Waals surface area contributed by atoms with E-state index in [0.29, 0.717) is 12.4 Å². The molecule has 2 rings (SSSR count). The lowest BCUT2D eigenvalue weighted by Gasteiger charge is -2.35. The lowest BCUT2D eigenvalue weighted by atomic mass is 9.91. The lowest BCUT2D eigenvalue weighted by Crippen LogP contribution is -2.41. The summed E-state index contributed by atoms with van der Waals surface area (Å²) >= 11 is 0. The van der Waals surface area contributed by atoms with Crippen molar-refractivity contribution in [2.24, 2.45) is 5.14 Å². The number of rotatable bonds is 5. The summed E-state index contributed by atoms with van der Waals surface area (Å²) in [6.45, 7) is 2.19. The summed E-state index contributed by atoms with van der Waals surface area (Å²) in [5.41, 5.74) is 0.234. The van der Waals surface area contributed by atoms with Gasteiger partial charge in [0.2, 0.25) is 10.0 Å². The van der Waals surface area contributed by atoms with Crippen LogP contribution in [-0.4, -0.2) is 38.9 Å². The van der Waals surface area contributed by atoms with Gasteiger partial charge in [-0.3, -0.25) is 4.79 Å². The van der Waals surface area contributed by atoms with Crippen LogP contribution >= 0.6 is 0 Å². The number of ether oxygens (including phenoxy) is 1. The summed E-state index contributed by atoms with van der Waals surface area (Å²) in [5, 5.41) is 5.13. The molecule has 2 N–H and O–H groups in total. The highest BCUT2D eigenvalue weighted by molar-refractivity contribution is 7.89. The van der Waals surface area contributed by atoms with Gasteiger partial charge in [0, 0.05) is 13.1 Å². The number of hydrogen-bond acceptors (Lipinski definition) is 4. The van der Waals surface area contributed by atoms with Gasteiger partial charge in [0.15, 0.2) is 0 Å². The predicted molar refractivity (Wildman–Crippen MR) is 78.7 cm³/mol. The van der Waals surface area contributed by atoms with Crippen LogP contribution in [0, 0.1) is 0 Å². The van der Waals surface area contributed by atoms with Gasteiger partial charge in [0.25, 0.3) is 5.91 Å². The normalized spacial score (nSPS) is 15.4. The molecule has 1 aromatic rings. The zero-order valence-electron chi connectivity index (χ0n) is 12.2.